The van der Waals surface area contributed by atoms with E-state index in [2.05, 4.69) is 5.10 Å². The number of nitrogen functional groups attached to an aromatic ring is 1. The first-order valence-corrected chi connectivity index (χ1v) is 4.71. The van der Waals surface area contributed by atoms with Gasteiger partial charge in [0.05, 0.1) is 6.20 Å². The minimum Gasteiger partial charge on any atom is -0.384 e. The summed E-state index contributed by atoms with van der Waals surface area (Å²) in [5.74, 6) is 1.43. The minimum absolute atomic E-state index is 0.677. The van der Waals surface area contributed by atoms with E-state index < -0.39 is 0 Å². The van der Waals surface area contributed by atoms with Gasteiger partial charge >= 0.3 is 0 Å². The molecule has 1 fully saturated rings. The Bertz CT molecular complexity index is 266. The molecule has 2 rings (SSSR count). The first kappa shape index (κ1) is 8.56. The van der Waals surface area contributed by atoms with Crippen molar-refractivity contribution < 1.29 is 4.74 Å². The van der Waals surface area contributed by atoms with Crippen molar-refractivity contribution >= 4 is 5.82 Å². The lowest BCUT2D eigenvalue weighted by molar-refractivity contribution is 0.0603. The van der Waals surface area contributed by atoms with E-state index in [0.29, 0.717) is 5.92 Å². The zero-order valence-electron chi connectivity index (χ0n) is 7.65. The fraction of sp³-hybridized carbons (Fsp3) is 0.667. The third-order valence-electron chi connectivity index (χ3n) is 2.52. The monoisotopic (exact) mass is 181 g/mol. The fourth-order valence-corrected chi connectivity index (χ4v) is 1.67. The van der Waals surface area contributed by atoms with Crippen molar-refractivity contribution in [2.45, 2.75) is 19.4 Å². The molecule has 1 saturated heterocycles. The molecule has 0 unspecified atom stereocenters. The maximum Gasteiger partial charge on any atom is 0.121 e. The van der Waals surface area contributed by atoms with Crippen LogP contribution in [-0.2, 0) is 11.3 Å². The van der Waals surface area contributed by atoms with Gasteiger partial charge in [-0.3, -0.25) is 0 Å². The molecule has 0 saturated carbocycles. The largest absolute Gasteiger partial charge is 0.384 e. The zero-order valence-corrected chi connectivity index (χ0v) is 7.65. The summed E-state index contributed by atoms with van der Waals surface area (Å²) in [6.45, 7) is 2.69. The minimum atomic E-state index is 0.677. The molecule has 4 heteroatoms. The van der Waals surface area contributed by atoms with Gasteiger partial charge in [-0.25, -0.2) is 4.68 Å². The van der Waals surface area contributed by atoms with Crippen molar-refractivity contribution in [3.63, 3.8) is 0 Å². The van der Waals surface area contributed by atoms with Crippen LogP contribution in [-0.4, -0.2) is 23.0 Å². The van der Waals surface area contributed by atoms with E-state index in [1.807, 2.05) is 10.7 Å². The number of nitrogens with zero attached hydrogens (tertiary/aromatic N) is 2. The fourth-order valence-electron chi connectivity index (χ4n) is 1.67. The van der Waals surface area contributed by atoms with Gasteiger partial charge in [-0.1, -0.05) is 0 Å². The van der Waals surface area contributed by atoms with Gasteiger partial charge < -0.3 is 10.5 Å². The first-order valence-electron chi connectivity index (χ1n) is 4.71. The van der Waals surface area contributed by atoms with Crippen LogP contribution in [0, 0.1) is 5.92 Å². The van der Waals surface area contributed by atoms with Gasteiger partial charge in [-0.2, -0.15) is 5.10 Å². The molecule has 1 aliphatic heterocycles. The molecule has 0 aromatic carbocycles. The summed E-state index contributed by atoms with van der Waals surface area (Å²) in [5, 5.41) is 4.16. The average molecular weight is 181 g/mol. The lowest BCUT2D eigenvalue weighted by atomic mass is 10.0. The Labute approximate surface area is 77.7 Å². The van der Waals surface area contributed by atoms with E-state index in [0.717, 1.165) is 38.4 Å². The topological polar surface area (TPSA) is 53.1 Å². The predicted molar refractivity (Wildman–Crippen MR) is 50.2 cm³/mol. The number of rotatable bonds is 2. The lowest BCUT2D eigenvalue weighted by Gasteiger charge is -2.22. The maximum absolute atomic E-state index is 5.73. The lowest BCUT2D eigenvalue weighted by Crippen LogP contribution is -2.21. The highest BCUT2D eigenvalue weighted by Crippen LogP contribution is 2.17. The van der Waals surface area contributed by atoms with Crippen molar-refractivity contribution in [1.82, 2.24) is 9.78 Å². The highest BCUT2D eigenvalue weighted by molar-refractivity contribution is 5.25. The van der Waals surface area contributed by atoms with Crippen LogP contribution in [0.1, 0.15) is 12.8 Å². The summed E-state index contributed by atoms with van der Waals surface area (Å²) in [4.78, 5) is 0. The van der Waals surface area contributed by atoms with E-state index in [1.54, 1.807) is 6.20 Å². The van der Waals surface area contributed by atoms with Crippen LogP contribution >= 0.6 is 0 Å². The molecule has 0 atom stereocenters. The van der Waals surface area contributed by atoms with Crippen molar-refractivity contribution in [2.24, 2.45) is 5.92 Å². The van der Waals surface area contributed by atoms with Crippen molar-refractivity contribution in [3.8, 4) is 0 Å². The summed E-state index contributed by atoms with van der Waals surface area (Å²) in [5.41, 5.74) is 5.73. The standard InChI is InChI=1S/C9H15N3O/c10-9-1-4-11-12(9)7-8-2-5-13-6-3-8/h1,4,8H,2-3,5-7,10H2. The molecule has 0 bridgehead atoms. The molecule has 2 N–H and O–H groups in total. The van der Waals surface area contributed by atoms with Crippen LogP contribution in [0.15, 0.2) is 12.3 Å². The smallest absolute Gasteiger partial charge is 0.121 e. The van der Waals surface area contributed by atoms with Crippen LogP contribution in [0.3, 0.4) is 0 Å². The Kier molecular flexibility index (Phi) is 2.49. The normalized spacial score (nSPS) is 19.1. The van der Waals surface area contributed by atoms with Gasteiger partial charge in [-0.15, -0.1) is 0 Å². The van der Waals surface area contributed by atoms with Crippen LogP contribution in [0.25, 0.3) is 0 Å². The maximum atomic E-state index is 5.73. The number of anilines is 1. The van der Waals surface area contributed by atoms with E-state index in [1.165, 1.54) is 0 Å². The van der Waals surface area contributed by atoms with Gasteiger partial charge in [0.1, 0.15) is 5.82 Å². The number of ether oxygens (including phenoxy) is 1. The molecular formula is C9H15N3O. The Morgan fingerprint density at radius 3 is 2.92 bits per heavy atom. The summed E-state index contributed by atoms with van der Waals surface area (Å²) in [6, 6.07) is 1.83. The zero-order chi connectivity index (χ0) is 9.10. The second-order valence-electron chi connectivity index (χ2n) is 3.49. The van der Waals surface area contributed by atoms with Gasteiger partial charge in [0.2, 0.25) is 0 Å². The predicted octanol–water partition coefficient (Wildman–Crippen LogP) is 0.892. The molecule has 1 aliphatic rings. The molecule has 0 radical (unpaired) electrons. The Morgan fingerprint density at radius 1 is 1.54 bits per heavy atom. The Balaban J connectivity index is 1.93. The molecule has 72 valence electrons. The molecule has 1 aromatic heterocycles. The molecule has 4 nitrogen and oxygen atoms in total. The van der Waals surface area contributed by atoms with Gasteiger partial charge in [0, 0.05) is 19.8 Å². The first-order chi connectivity index (χ1) is 6.36. The molecular weight excluding hydrogens is 166 g/mol. The van der Waals surface area contributed by atoms with Crippen LogP contribution in [0.2, 0.25) is 0 Å². The van der Waals surface area contributed by atoms with Gasteiger partial charge in [0.25, 0.3) is 0 Å². The van der Waals surface area contributed by atoms with Crippen molar-refractivity contribution in [2.75, 3.05) is 18.9 Å². The van der Waals surface area contributed by atoms with E-state index >= 15 is 0 Å². The molecule has 1 aromatic rings. The molecule has 0 aliphatic carbocycles. The molecule has 0 spiro atoms. The van der Waals surface area contributed by atoms with Crippen molar-refractivity contribution in [3.05, 3.63) is 12.3 Å². The van der Waals surface area contributed by atoms with Crippen LogP contribution in [0.4, 0.5) is 5.82 Å². The van der Waals surface area contributed by atoms with Gasteiger partial charge in [-0.05, 0) is 24.8 Å². The van der Waals surface area contributed by atoms with Crippen LogP contribution in [0.5, 0.6) is 0 Å². The molecule has 13 heavy (non-hydrogen) atoms. The highest BCUT2D eigenvalue weighted by atomic mass is 16.5. The van der Waals surface area contributed by atoms with E-state index in [4.69, 9.17) is 10.5 Å². The second-order valence-corrected chi connectivity index (χ2v) is 3.49. The van der Waals surface area contributed by atoms with Crippen molar-refractivity contribution in [1.29, 1.82) is 0 Å². The Morgan fingerprint density at radius 2 is 2.31 bits per heavy atom. The quantitative estimate of drug-likeness (QED) is 0.737. The van der Waals surface area contributed by atoms with Crippen LogP contribution < -0.4 is 5.73 Å². The third kappa shape index (κ3) is 2.01. The molecule has 0 amide bonds. The highest BCUT2D eigenvalue weighted by Gasteiger charge is 2.15. The van der Waals surface area contributed by atoms with Gasteiger partial charge in [0.15, 0.2) is 0 Å². The second kappa shape index (κ2) is 3.79. The number of hydrogen-bond acceptors (Lipinski definition) is 3. The SMILES string of the molecule is Nc1ccnn1CC1CCOCC1. The van der Waals surface area contributed by atoms with E-state index in [-0.39, 0.29) is 0 Å². The number of aromatic nitrogens is 2. The third-order valence-corrected chi connectivity index (χ3v) is 2.52. The summed E-state index contributed by atoms with van der Waals surface area (Å²) >= 11 is 0. The average Bonchev–Trinajstić information content (AvgIpc) is 2.54. The Hall–Kier alpha value is -1.03. The molecule has 2 heterocycles. The number of hydrogen-bond donors (Lipinski definition) is 1. The summed E-state index contributed by atoms with van der Waals surface area (Å²) in [7, 11) is 0. The number of nitrogens with two attached hydrogens (primary N) is 1. The summed E-state index contributed by atoms with van der Waals surface area (Å²) in [6.07, 6.45) is 3.99. The van der Waals surface area contributed by atoms with E-state index in [9.17, 15) is 0 Å². The summed E-state index contributed by atoms with van der Waals surface area (Å²) < 4.78 is 7.16.